The summed E-state index contributed by atoms with van der Waals surface area (Å²) in [4.78, 5) is 25.6. The van der Waals surface area contributed by atoms with Gasteiger partial charge in [0.2, 0.25) is 5.91 Å². The molecule has 0 heterocycles. The summed E-state index contributed by atoms with van der Waals surface area (Å²) in [5.74, 6) is -1.57. The number of likely N-dealkylation sites (N-methyl/N-ethyl adjacent to an activating group) is 1. The molecule has 0 bridgehead atoms. The molecule has 0 aliphatic carbocycles. The van der Waals surface area contributed by atoms with E-state index in [4.69, 9.17) is 11.5 Å². The van der Waals surface area contributed by atoms with E-state index in [0.717, 1.165) is 6.07 Å². The van der Waals surface area contributed by atoms with Crippen molar-refractivity contribution in [2.45, 2.75) is 36.6 Å². The Hall–Kier alpha value is -1.81. The van der Waals surface area contributed by atoms with Crippen LogP contribution in [0.2, 0.25) is 0 Å². The van der Waals surface area contributed by atoms with Crippen LogP contribution in [0.25, 0.3) is 0 Å². The summed E-state index contributed by atoms with van der Waals surface area (Å²) < 4.78 is 33.2. The number of nitrogens with two attached hydrogens (primary N) is 2. The molecule has 0 radical (unpaired) electrons. The maximum absolute atomic E-state index is 13.1. The number of hydrogen-bond acceptors (Lipinski definition) is 6. The van der Waals surface area contributed by atoms with Crippen molar-refractivity contribution in [2.24, 2.45) is 11.5 Å². The van der Waals surface area contributed by atoms with Crippen molar-refractivity contribution in [3.63, 3.8) is 0 Å². The third-order valence-corrected chi connectivity index (χ3v) is 5.33. The van der Waals surface area contributed by atoms with E-state index in [1.165, 1.54) is 12.1 Å². The Morgan fingerprint density at radius 2 is 1.76 bits per heavy atom. The van der Waals surface area contributed by atoms with Gasteiger partial charge in [0.25, 0.3) is 10.1 Å². The lowest BCUT2D eigenvalue weighted by molar-refractivity contribution is 0.0689. The predicted octanol–water partition coefficient (Wildman–Crippen LogP) is 0.664. The highest BCUT2D eigenvalue weighted by molar-refractivity contribution is 7.86. The second-order valence-electron chi connectivity index (χ2n) is 6.26. The molecule has 1 aromatic carbocycles. The third-order valence-electron chi connectivity index (χ3n) is 4.38. The number of benzene rings is 1. The van der Waals surface area contributed by atoms with Crippen LogP contribution in [0.3, 0.4) is 0 Å². The lowest BCUT2D eigenvalue weighted by Crippen LogP contribution is -2.49. The molecule has 140 valence electrons. The van der Waals surface area contributed by atoms with Crippen molar-refractivity contribution in [1.29, 1.82) is 0 Å². The van der Waals surface area contributed by atoms with Crippen molar-refractivity contribution in [2.75, 3.05) is 20.6 Å². The number of amides is 1. The molecule has 0 fully saturated rings. The Morgan fingerprint density at radius 1 is 1.20 bits per heavy atom. The summed E-state index contributed by atoms with van der Waals surface area (Å²) in [6.45, 7) is 2.15. The van der Waals surface area contributed by atoms with Gasteiger partial charge in [-0.3, -0.25) is 19.0 Å². The Kier molecular flexibility index (Phi) is 6.83. The number of primary amides is 1. The van der Waals surface area contributed by atoms with Crippen LogP contribution < -0.4 is 11.5 Å². The Morgan fingerprint density at radius 3 is 2.20 bits per heavy atom. The number of rotatable bonds is 9. The maximum atomic E-state index is 13.1. The first-order chi connectivity index (χ1) is 11.5. The molecule has 9 heteroatoms. The summed E-state index contributed by atoms with van der Waals surface area (Å²) in [5, 5.41) is 0. The molecule has 1 atom stereocenters. The van der Waals surface area contributed by atoms with Gasteiger partial charge in [-0.05, 0) is 59.0 Å². The van der Waals surface area contributed by atoms with Crippen LogP contribution in [0, 0.1) is 0 Å². The highest BCUT2D eigenvalue weighted by atomic mass is 32.2. The summed E-state index contributed by atoms with van der Waals surface area (Å²) in [6, 6.07) is 3.78. The second kappa shape index (κ2) is 8.05. The SMILES string of the molecule is CN(C)[C@@](C)(CCCCN)C(=O)c1cccc(C(N)=O)c1S(=O)(=O)O. The van der Waals surface area contributed by atoms with E-state index in [-0.39, 0.29) is 5.56 Å². The Labute approximate surface area is 147 Å². The zero-order valence-corrected chi connectivity index (χ0v) is 15.5. The number of ketones is 1. The molecule has 1 rings (SSSR count). The lowest BCUT2D eigenvalue weighted by atomic mass is 9.84. The van der Waals surface area contributed by atoms with E-state index < -0.39 is 37.8 Å². The molecule has 25 heavy (non-hydrogen) atoms. The number of nitrogens with zero attached hydrogens (tertiary/aromatic N) is 1. The first-order valence-corrected chi connectivity index (χ1v) is 9.23. The monoisotopic (exact) mass is 371 g/mol. The fourth-order valence-electron chi connectivity index (χ4n) is 2.63. The number of unbranched alkanes of at least 4 members (excludes halogenated alkanes) is 1. The summed E-state index contributed by atoms with van der Waals surface area (Å²) in [5.41, 5.74) is 8.97. The van der Waals surface area contributed by atoms with Crippen LogP contribution in [-0.4, -0.2) is 55.7 Å². The van der Waals surface area contributed by atoms with E-state index in [2.05, 4.69) is 0 Å². The zero-order chi connectivity index (χ0) is 19.4. The van der Waals surface area contributed by atoms with E-state index in [1.807, 2.05) is 0 Å². The zero-order valence-electron chi connectivity index (χ0n) is 14.7. The van der Waals surface area contributed by atoms with Crippen molar-refractivity contribution in [3.05, 3.63) is 29.3 Å². The van der Waals surface area contributed by atoms with Gasteiger partial charge in [0.15, 0.2) is 5.78 Å². The van der Waals surface area contributed by atoms with Gasteiger partial charge in [-0.15, -0.1) is 0 Å². The number of hydrogen-bond donors (Lipinski definition) is 3. The largest absolute Gasteiger partial charge is 0.366 e. The van der Waals surface area contributed by atoms with Gasteiger partial charge in [0.05, 0.1) is 11.1 Å². The van der Waals surface area contributed by atoms with E-state index in [1.54, 1.807) is 25.9 Å². The van der Waals surface area contributed by atoms with Gasteiger partial charge in [0.1, 0.15) is 4.90 Å². The average Bonchev–Trinajstić information content (AvgIpc) is 2.52. The highest BCUT2D eigenvalue weighted by Crippen LogP contribution is 2.29. The number of carbonyl (C=O) groups is 2. The normalized spacial score (nSPS) is 14.3. The Bertz CT molecular complexity index is 761. The molecule has 0 spiro atoms. The minimum absolute atomic E-state index is 0.261. The van der Waals surface area contributed by atoms with Crippen LogP contribution in [0.15, 0.2) is 23.1 Å². The van der Waals surface area contributed by atoms with E-state index >= 15 is 0 Å². The maximum Gasteiger partial charge on any atom is 0.296 e. The molecular weight excluding hydrogens is 346 g/mol. The van der Waals surface area contributed by atoms with Gasteiger partial charge in [-0.25, -0.2) is 0 Å². The third kappa shape index (κ3) is 4.63. The molecule has 0 aliphatic rings. The summed E-state index contributed by atoms with van der Waals surface area (Å²) >= 11 is 0. The van der Waals surface area contributed by atoms with Gasteiger partial charge in [-0.1, -0.05) is 6.07 Å². The molecule has 0 aromatic heterocycles. The molecule has 0 saturated carbocycles. The number of Topliss-reactive ketones (excluding diaryl/α,β-unsaturated/α-hetero) is 1. The van der Waals surface area contributed by atoms with Crippen molar-refractivity contribution in [3.8, 4) is 0 Å². The highest BCUT2D eigenvalue weighted by Gasteiger charge is 2.39. The van der Waals surface area contributed by atoms with Crippen LogP contribution in [-0.2, 0) is 10.1 Å². The lowest BCUT2D eigenvalue weighted by Gasteiger charge is -2.35. The fraction of sp³-hybridized carbons (Fsp3) is 0.500. The van der Waals surface area contributed by atoms with Crippen LogP contribution in [0.5, 0.6) is 0 Å². The molecule has 1 amide bonds. The van der Waals surface area contributed by atoms with Crippen molar-refractivity contribution < 1.29 is 22.6 Å². The first-order valence-electron chi connectivity index (χ1n) is 7.79. The van der Waals surface area contributed by atoms with Gasteiger partial charge < -0.3 is 11.5 Å². The molecular formula is C16H25N3O5S. The number of carbonyl (C=O) groups excluding carboxylic acids is 2. The quantitative estimate of drug-likeness (QED) is 0.328. The standard InChI is InChI=1S/C16H25N3O5S/c1-16(19(2)3,9-4-5-10-17)14(20)11-7-6-8-12(15(18)21)13(11)25(22,23)24/h6-8H,4-5,9-10,17H2,1-3H3,(H2,18,21)(H,22,23,24)/t16-/m0/s1. The Balaban J connectivity index is 3.55. The first kappa shape index (κ1) is 21.2. The average molecular weight is 371 g/mol. The van der Waals surface area contributed by atoms with E-state index in [0.29, 0.717) is 25.8 Å². The van der Waals surface area contributed by atoms with Crippen LogP contribution >= 0.6 is 0 Å². The molecule has 1 aromatic rings. The predicted molar refractivity (Wildman–Crippen MR) is 94.1 cm³/mol. The van der Waals surface area contributed by atoms with Gasteiger partial charge in [-0.2, -0.15) is 8.42 Å². The summed E-state index contributed by atoms with van der Waals surface area (Å²) in [7, 11) is -1.43. The molecule has 8 nitrogen and oxygen atoms in total. The van der Waals surface area contributed by atoms with Crippen molar-refractivity contribution >= 4 is 21.8 Å². The molecule has 0 unspecified atom stereocenters. The summed E-state index contributed by atoms with van der Waals surface area (Å²) in [6.07, 6.45) is 1.80. The topological polar surface area (TPSA) is 144 Å². The van der Waals surface area contributed by atoms with E-state index in [9.17, 15) is 22.6 Å². The minimum Gasteiger partial charge on any atom is -0.366 e. The smallest absolute Gasteiger partial charge is 0.296 e. The van der Waals surface area contributed by atoms with Crippen LogP contribution in [0.1, 0.15) is 46.9 Å². The van der Waals surface area contributed by atoms with Crippen molar-refractivity contribution in [1.82, 2.24) is 4.90 Å². The molecule has 5 N–H and O–H groups in total. The minimum atomic E-state index is -4.83. The second-order valence-corrected chi connectivity index (χ2v) is 7.62. The fourth-order valence-corrected chi connectivity index (χ4v) is 3.52. The molecule has 0 saturated heterocycles. The van der Waals surface area contributed by atoms with Gasteiger partial charge >= 0.3 is 0 Å². The molecule has 0 aliphatic heterocycles. The van der Waals surface area contributed by atoms with Crippen LogP contribution in [0.4, 0.5) is 0 Å². The van der Waals surface area contributed by atoms with Gasteiger partial charge in [0, 0.05) is 5.56 Å².